The van der Waals surface area contributed by atoms with Crippen LogP contribution in [0.4, 0.5) is 4.79 Å². The molecule has 1 fully saturated rings. The van der Waals surface area contributed by atoms with Gasteiger partial charge in [-0.2, -0.15) is 0 Å². The molecule has 1 aromatic rings. The standard InChI is InChI=1S/C16H22N4O3/c1-4-16(5-2)14(22)20(15(23)19-16)10-13(21)18-11(3)12-6-8-17-9-7-12/h6-9,11H,4-5,10H2,1-3H3,(H,18,21)(H,19,23). The lowest BCUT2D eigenvalue weighted by Gasteiger charge is -2.23. The van der Waals surface area contributed by atoms with E-state index in [9.17, 15) is 14.4 Å². The highest BCUT2D eigenvalue weighted by Crippen LogP contribution is 2.24. The minimum absolute atomic E-state index is 0.228. The van der Waals surface area contributed by atoms with E-state index in [4.69, 9.17) is 0 Å². The van der Waals surface area contributed by atoms with E-state index in [1.165, 1.54) is 0 Å². The monoisotopic (exact) mass is 318 g/mol. The molecule has 1 saturated heterocycles. The Kier molecular flexibility index (Phi) is 4.98. The van der Waals surface area contributed by atoms with Crippen molar-refractivity contribution in [2.45, 2.75) is 45.2 Å². The molecule has 1 atom stereocenters. The SMILES string of the molecule is CCC1(CC)NC(=O)N(CC(=O)NC(C)c2ccncc2)C1=O. The Morgan fingerprint density at radius 1 is 1.30 bits per heavy atom. The van der Waals surface area contributed by atoms with Crippen LogP contribution < -0.4 is 10.6 Å². The van der Waals surface area contributed by atoms with Crippen molar-refractivity contribution in [2.75, 3.05) is 6.54 Å². The quantitative estimate of drug-likeness (QED) is 0.775. The van der Waals surface area contributed by atoms with Crippen molar-refractivity contribution in [3.63, 3.8) is 0 Å². The van der Waals surface area contributed by atoms with Crippen molar-refractivity contribution in [3.05, 3.63) is 30.1 Å². The molecule has 7 heteroatoms. The second kappa shape index (κ2) is 6.76. The van der Waals surface area contributed by atoms with Crippen LogP contribution in [0.5, 0.6) is 0 Å². The van der Waals surface area contributed by atoms with Crippen LogP contribution in [0.3, 0.4) is 0 Å². The summed E-state index contributed by atoms with van der Waals surface area (Å²) in [5.74, 6) is -0.708. The van der Waals surface area contributed by atoms with E-state index in [2.05, 4.69) is 15.6 Å². The zero-order valence-electron chi connectivity index (χ0n) is 13.6. The molecule has 1 aliphatic rings. The van der Waals surface area contributed by atoms with E-state index in [1.54, 1.807) is 24.5 Å². The predicted octanol–water partition coefficient (Wildman–Crippen LogP) is 1.37. The highest BCUT2D eigenvalue weighted by Gasteiger charge is 2.49. The molecule has 0 radical (unpaired) electrons. The second-order valence-electron chi connectivity index (χ2n) is 5.68. The number of hydrogen-bond acceptors (Lipinski definition) is 4. The number of nitrogens with one attached hydrogen (secondary N) is 2. The maximum atomic E-state index is 12.4. The minimum Gasteiger partial charge on any atom is -0.348 e. The number of carbonyl (C=O) groups is 3. The number of nitrogens with zero attached hydrogens (tertiary/aromatic N) is 2. The van der Waals surface area contributed by atoms with Gasteiger partial charge in [0.2, 0.25) is 5.91 Å². The van der Waals surface area contributed by atoms with Crippen molar-refractivity contribution in [1.29, 1.82) is 0 Å². The highest BCUT2D eigenvalue weighted by molar-refractivity contribution is 6.09. The first-order chi connectivity index (χ1) is 10.9. The van der Waals surface area contributed by atoms with Crippen molar-refractivity contribution >= 4 is 17.8 Å². The Balaban J connectivity index is 2.00. The molecule has 23 heavy (non-hydrogen) atoms. The number of rotatable bonds is 6. The molecule has 1 aromatic heterocycles. The molecule has 0 spiro atoms. The van der Waals surface area contributed by atoms with Gasteiger partial charge in [0, 0.05) is 12.4 Å². The first-order valence-corrected chi connectivity index (χ1v) is 7.77. The van der Waals surface area contributed by atoms with Gasteiger partial charge in [-0.05, 0) is 37.5 Å². The van der Waals surface area contributed by atoms with Crippen molar-refractivity contribution < 1.29 is 14.4 Å². The van der Waals surface area contributed by atoms with E-state index < -0.39 is 11.6 Å². The summed E-state index contributed by atoms with van der Waals surface area (Å²) in [6.45, 7) is 5.25. The van der Waals surface area contributed by atoms with Gasteiger partial charge in [0.15, 0.2) is 0 Å². The summed E-state index contributed by atoms with van der Waals surface area (Å²) in [6.07, 6.45) is 4.29. The van der Waals surface area contributed by atoms with Gasteiger partial charge in [-0.15, -0.1) is 0 Å². The molecule has 0 saturated carbocycles. The number of carbonyl (C=O) groups excluding carboxylic acids is 3. The van der Waals surface area contributed by atoms with E-state index in [0.717, 1.165) is 10.5 Å². The molecular weight excluding hydrogens is 296 g/mol. The summed E-state index contributed by atoms with van der Waals surface area (Å²) in [4.78, 5) is 41.5. The number of amides is 4. The molecule has 0 bridgehead atoms. The Morgan fingerprint density at radius 2 is 1.91 bits per heavy atom. The lowest BCUT2D eigenvalue weighted by atomic mass is 9.93. The van der Waals surface area contributed by atoms with E-state index in [-0.39, 0.29) is 24.4 Å². The second-order valence-corrected chi connectivity index (χ2v) is 5.68. The summed E-state index contributed by atoms with van der Waals surface area (Å²) in [5, 5.41) is 5.49. The molecular formula is C16H22N4O3. The van der Waals surface area contributed by atoms with Crippen LogP contribution in [0.2, 0.25) is 0 Å². The first-order valence-electron chi connectivity index (χ1n) is 7.77. The Labute approximate surface area is 135 Å². The van der Waals surface area contributed by atoms with Crippen LogP contribution in [0, 0.1) is 0 Å². The summed E-state index contributed by atoms with van der Waals surface area (Å²) in [5.41, 5.74) is 0.0238. The smallest absolute Gasteiger partial charge is 0.325 e. The molecule has 1 unspecified atom stereocenters. The van der Waals surface area contributed by atoms with Gasteiger partial charge in [0.25, 0.3) is 5.91 Å². The minimum atomic E-state index is -0.881. The van der Waals surface area contributed by atoms with Crippen molar-refractivity contribution in [3.8, 4) is 0 Å². The number of aromatic nitrogens is 1. The number of pyridine rings is 1. The van der Waals surface area contributed by atoms with Gasteiger partial charge in [-0.3, -0.25) is 19.5 Å². The molecule has 124 valence electrons. The topological polar surface area (TPSA) is 91.4 Å². The molecule has 2 heterocycles. The van der Waals surface area contributed by atoms with Crippen LogP contribution in [0.25, 0.3) is 0 Å². The van der Waals surface area contributed by atoms with Crippen LogP contribution >= 0.6 is 0 Å². The van der Waals surface area contributed by atoms with Gasteiger partial charge >= 0.3 is 6.03 Å². The van der Waals surface area contributed by atoms with E-state index in [0.29, 0.717) is 12.8 Å². The fourth-order valence-corrected chi connectivity index (χ4v) is 2.72. The lowest BCUT2D eigenvalue weighted by Crippen LogP contribution is -2.46. The first kappa shape index (κ1) is 16.9. The number of imide groups is 1. The van der Waals surface area contributed by atoms with E-state index >= 15 is 0 Å². The molecule has 0 aliphatic carbocycles. The third kappa shape index (κ3) is 3.33. The number of urea groups is 1. The molecule has 7 nitrogen and oxygen atoms in total. The lowest BCUT2D eigenvalue weighted by molar-refractivity contribution is -0.135. The summed E-state index contributed by atoms with van der Waals surface area (Å²) >= 11 is 0. The molecule has 1 aliphatic heterocycles. The van der Waals surface area contributed by atoms with Gasteiger partial charge in [-0.25, -0.2) is 4.79 Å². The molecule has 4 amide bonds. The predicted molar refractivity (Wildman–Crippen MR) is 84.4 cm³/mol. The summed E-state index contributed by atoms with van der Waals surface area (Å²) in [7, 11) is 0. The van der Waals surface area contributed by atoms with Gasteiger partial charge < -0.3 is 10.6 Å². The Hall–Kier alpha value is -2.44. The molecule has 0 aromatic carbocycles. The normalized spacial score (nSPS) is 17.8. The maximum absolute atomic E-state index is 12.4. The Bertz CT molecular complexity index is 599. The summed E-state index contributed by atoms with van der Waals surface area (Å²) in [6, 6.07) is 2.87. The van der Waals surface area contributed by atoms with Crippen LogP contribution in [0.15, 0.2) is 24.5 Å². The van der Waals surface area contributed by atoms with Crippen molar-refractivity contribution in [1.82, 2.24) is 20.5 Å². The fraction of sp³-hybridized carbons (Fsp3) is 0.500. The van der Waals surface area contributed by atoms with E-state index in [1.807, 2.05) is 20.8 Å². The third-order valence-electron chi connectivity index (χ3n) is 4.34. The number of hydrogen-bond donors (Lipinski definition) is 2. The fourth-order valence-electron chi connectivity index (χ4n) is 2.72. The highest BCUT2D eigenvalue weighted by atomic mass is 16.2. The third-order valence-corrected chi connectivity index (χ3v) is 4.34. The van der Waals surface area contributed by atoms with Crippen molar-refractivity contribution in [2.24, 2.45) is 0 Å². The molecule has 2 rings (SSSR count). The average Bonchev–Trinajstić information content (AvgIpc) is 2.80. The largest absolute Gasteiger partial charge is 0.348 e. The van der Waals surface area contributed by atoms with Gasteiger partial charge in [0.1, 0.15) is 12.1 Å². The van der Waals surface area contributed by atoms with Gasteiger partial charge in [-0.1, -0.05) is 13.8 Å². The average molecular weight is 318 g/mol. The zero-order valence-corrected chi connectivity index (χ0v) is 13.6. The van der Waals surface area contributed by atoms with Gasteiger partial charge in [0.05, 0.1) is 6.04 Å². The van der Waals surface area contributed by atoms with Crippen LogP contribution in [0.1, 0.15) is 45.2 Å². The summed E-state index contributed by atoms with van der Waals surface area (Å²) < 4.78 is 0. The van der Waals surface area contributed by atoms with Crippen LogP contribution in [-0.2, 0) is 9.59 Å². The Morgan fingerprint density at radius 3 is 2.43 bits per heavy atom. The molecule has 2 N–H and O–H groups in total. The zero-order chi connectivity index (χ0) is 17.0. The maximum Gasteiger partial charge on any atom is 0.325 e. The van der Waals surface area contributed by atoms with Crippen LogP contribution in [-0.4, -0.2) is 39.8 Å².